The summed E-state index contributed by atoms with van der Waals surface area (Å²) in [5.41, 5.74) is -1.03. The van der Waals surface area contributed by atoms with Crippen molar-refractivity contribution in [1.29, 1.82) is 0 Å². The second-order valence-electron chi connectivity index (χ2n) is 3.01. The molecule has 3 nitrogen and oxygen atoms in total. The second-order valence-corrected chi connectivity index (χ2v) is 3.01. The third-order valence-electron chi connectivity index (χ3n) is 2.25. The first-order valence-electron chi connectivity index (χ1n) is 3.70. The minimum absolute atomic E-state index is 0.375. The first-order chi connectivity index (χ1) is 5.57. The van der Waals surface area contributed by atoms with Crippen LogP contribution in [0.25, 0.3) is 0 Å². The second kappa shape index (κ2) is 3.35. The topological polar surface area (TPSA) is 46.5 Å². The number of rotatable bonds is 4. The molecule has 1 rings (SSSR count). The Labute approximate surface area is 68.3 Å². The molecule has 70 valence electrons. The van der Waals surface area contributed by atoms with Crippen molar-refractivity contribution in [3.63, 3.8) is 0 Å². The molecule has 0 atom stereocenters. The van der Waals surface area contributed by atoms with Crippen LogP contribution in [0, 0.1) is 5.41 Å². The molecular weight excluding hydrogens is 170 g/mol. The van der Waals surface area contributed by atoms with Crippen molar-refractivity contribution in [3.8, 4) is 0 Å². The quantitative estimate of drug-likeness (QED) is 0.712. The van der Waals surface area contributed by atoms with Crippen molar-refractivity contribution in [2.45, 2.75) is 25.9 Å². The predicted octanol–water partition coefficient (Wildman–Crippen LogP) is 1.48. The lowest BCUT2D eigenvalue weighted by molar-refractivity contribution is -0.183. The van der Waals surface area contributed by atoms with Gasteiger partial charge in [-0.2, -0.15) is 8.78 Å². The van der Waals surface area contributed by atoms with Crippen molar-refractivity contribution in [2.75, 3.05) is 6.61 Å². The van der Waals surface area contributed by atoms with Gasteiger partial charge in [-0.1, -0.05) is 6.42 Å². The zero-order chi connectivity index (χ0) is 9.19. The maximum atomic E-state index is 11.6. The summed E-state index contributed by atoms with van der Waals surface area (Å²) in [6.07, 6.45) is 1.66. The SMILES string of the molecule is O=C(O)C1(COC(F)F)CCC1. The summed E-state index contributed by atoms with van der Waals surface area (Å²) in [6, 6.07) is 0. The first kappa shape index (κ1) is 9.38. The average Bonchev–Trinajstić information content (AvgIpc) is 1.83. The van der Waals surface area contributed by atoms with Gasteiger partial charge in [0.05, 0.1) is 12.0 Å². The van der Waals surface area contributed by atoms with E-state index in [0.29, 0.717) is 12.8 Å². The highest BCUT2D eigenvalue weighted by Crippen LogP contribution is 2.41. The summed E-state index contributed by atoms with van der Waals surface area (Å²) < 4.78 is 27.1. The molecule has 1 aliphatic rings. The Kier molecular flexibility index (Phi) is 2.62. The van der Waals surface area contributed by atoms with Crippen LogP contribution in [0.5, 0.6) is 0 Å². The minimum atomic E-state index is -2.87. The normalized spacial score (nSPS) is 20.6. The smallest absolute Gasteiger partial charge is 0.345 e. The molecule has 0 bridgehead atoms. The lowest BCUT2D eigenvalue weighted by atomic mass is 9.69. The van der Waals surface area contributed by atoms with E-state index in [0.717, 1.165) is 6.42 Å². The molecule has 1 N–H and O–H groups in total. The molecule has 0 radical (unpaired) electrons. The monoisotopic (exact) mass is 180 g/mol. The van der Waals surface area contributed by atoms with Crippen LogP contribution >= 0.6 is 0 Å². The summed E-state index contributed by atoms with van der Waals surface area (Å²) in [5.74, 6) is -1.03. The van der Waals surface area contributed by atoms with Gasteiger partial charge in [0.25, 0.3) is 0 Å². The van der Waals surface area contributed by atoms with Gasteiger partial charge < -0.3 is 9.84 Å². The summed E-state index contributed by atoms with van der Waals surface area (Å²) >= 11 is 0. The Hall–Kier alpha value is -0.710. The predicted molar refractivity (Wildman–Crippen MR) is 35.9 cm³/mol. The highest BCUT2D eigenvalue weighted by atomic mass is 19.3. The fourth-order valence-electron chi connectivity index (χ4n) is 1.25. The number of hydrogen-bond donors (Lipinski definition) is 1. The van der Waals surface area contributed by atoms with Crippen molar-refractivity contribution in [1.82, 2.24) is 0 Å². The molecule has 12 heavy (non-hydrogen) atoms. The lowest BCUT2D eigenvalue weighted by Gasteiger charge is -2.36. The Morgan fingerprint density at radius 1 is 1.58 bits per heavy atom. The van der Waals surface area contributed by atoms with Crippen LogP contribution in [0.2, 0.25) is 0 Å². The van der Waals surface area contributed by atoms with E-state index in [1.165, 1.54) is 0 Å². The van der Waals surface area contributed by atoms with Gasteiger partial charge in [-0.05, 0) is 12.8 Å². The Bertz CT molecular complexity index is 177. The van der Waals surface area contributed by atoms with E-state index in [2.05, 4.69) is 4.74 Å². The van der Waals surface area contributed by atoms with Gasteiger partial charge in [0, 0.05) is 0 Å². The number of carboxylic acid groups (broad SMARTS) is 1. The number of carbonyl (C=O) groups is 1. The third kappa shape index (κ3) is 1.72. The number of hydrogen-bond acceptors (Lipinski definition) is 2. The van der Waals surface area contributed by atoms with Crippen LogP contribution in [-0.4, -0.2) is 24.3 Å². The summed E-state index contributed by atoms with van der Waals surface area (Å²) in [4.78, 5) is 10.6. The molecule has 1 aliphatic carbocycles. The molecule has 0 spiro atoms. The molecule has 0 aromatic heterocycles. The highest BCUT2D eigenvalue weighted by Gasteiger charge is 2.45. The van der Waals surface area contributed by atoms with Gasteiger partial charge >= 0.3 is 12.6 Å². The summed E-state index contributed by atoms with van der Waals surface area (Å²) in [5, 5.41) is 8.67. The van der Waals surface area contributed by atoms with Crippen molar-refractivity contribution in [2.24, 2.45) is 5.41 Å². The Morgan fingerprint density at radius 2 is 2.17 bits per heavy atom. The van der Waals surface area contributed by atoms with Crippen molar-refractivity contribution in [3.05, 3.63) is 0 Å². The van der Waals surface area contributed by atoms with Gasteiger partial charge in [-0.3, -0.25) is 4.79 Å². The van der Waals surface area contributed by atoms with E-state index in [1.54, 1.807) is 0 Å². The average molecular weight is 180 g/mol. The molecule has 0 aromatic carbocycles. The molecule has 0 aliphatic heterocycles. The van der Waals surface area contributed by atoms with E-state index in [-0.39, 0.29) is 6.61 Å². The van der Waals surface area contributed by atoms with Gasteiger partial charge in [0.2, 0.25) is 0 Å². The molecule has 0 heterocycles. The number of ether oxygens (including phenoxy) is 1. The van der Waals surface area contributed by atoms with Crippen LogP contribution in [0.15, 0.2) is 0 Å². The van der Waals surface area contributed by atoms with E-state index in [4.69, 9.17) is 5.11 Å². The van der Waals surface area contributed by atoms with E-state index >= 15 is 0 Å². The number of halogens is 2. The van der Waals surface area contributed by atoms with Crippen LogP contribution in [-0.2, 0) is 9.53 Å². The largest absolute Gasteiger partial charge is 0.481 e. The Morgan fingerprint density at radius 3 is 2.42 bits per heavy atom. The van der Waals surface area contributed by atoms with Crippen LogP contribution in [0.1, 0.15) is 19.3 Å². The van der Waals surface area contributed by atoms with Gasteiger partial charge in [0.15, 0.2) is 0 Å². The number of alkyl halides is 2. The Balaban J connectivity index is 2.40. The zero-order valence-corrected chi connectivity index (χ0v) is 6.43. The minimum Gasteiger partial charge on any atom is -0.481 e. The van der Waals surface area contributed by atoms with Gasteiger partial charge in [0.1, 0.15) is 0 Å². The molecule has 0 aromatic rings. The summed E-state index contributed by atoms with van der Waals surface area (Å²) in [7, 11) is 0. The molecule has 1 fully saturated rings. The van der Waals surface area contributed by atoms with E-state index in [1.807, 2.05) is 0 Å². The van der Waals surface area contributed by atoms with Crippen LogP contribution in [0.4, 0.5) is 8.78 Å². The fraction of sp³-hybridized carbons (Fsp3) is 0.857. The van der Waals surface area contributed by atoms with Gasteiger partial charge in [-0.15, -0.1) is 0 Å². The molecular formula is C7H10F2O3. The number of aliphatic carboxylic acids is 1. The molecule has 0 amide bonds. The summed E-state index contributed by atoms with van der Waals surface area (Å²) in [6.45, 7) is -3.25. The van der Waals surface area contributed by atoms with Crippen molar-refractivity contribution < 1.29 is 23.4 Å². The molecule has 0 unspecified atom stereocenters. The van der Waals surface area contributed by atoms with Gasteiger partial charge in [-0.25, -0.2) is 0 Å². The van der Waals surface area contributed by atoms with Crippen molar-refractivity contribution >= 4 is 5.97 Å². The van der Waals surface area contributed by atoms with E-state index < -0.39 is 18.0 Å². The lowest BCUT2D eigenvalue weighted by Crippen LogP contribution is -2.42. The molecule has 0 saturated heterocycles. The molecule has 5 heteroatoms. The highest BCUT2D eigenvalue weighted by molar-refractivity contribution is 5.75. The van der Waals surface area contributed by atoms with Crippen LogP contribution < -0.4 is 0 Å². The maximum Gasteiger partial charge on any atom is 0.345 e. The zero-order valence-electron chi connectivity index (χ0n) is 6.43. The van der Waals surface area contributed by atoms with Crippen LogP contribution in [0.3, 0.4) is 0 Å². The number of carboxylic acids is 1. The third-order valence-corrected chi connectivity index (χ3v) is 2.25. The first-order valence-corrected chi connectivity index (χ1v) is 3.70. The fourth-order valence-corrected chi connectivity index (χ4v) is 1.25. The maximum absolute atomic E-state index is 11.6. The molecule has 1 saturated carbocycles. The van der Waals surface area contributed by atoms with E-state index in [9.17, 15) is 13.6 Å². The standard InChI is InChI=1S/C7H10F2O3/c8-6(9)12-4-7(5(10)11)2-1-3-7/h6H,1-4H2,(H,10,11).